The standard InChI is InChI=1S/C23H41NO5/c1-16(2)22(26)12-11-20(25)9-7-8-10-23(27)24-14-21(29-18(5)6)13-19(24)15-28-17(3)4/h16-19,21H,7-15H2,1-6H3/t19-,21-/m0/s1. The molecule has 0 spiro atoms. The highest BCUT2D eigenvalue weighted by Crippen LogP contribution is 2.24. The summed E-state index contributed by atoms with van der Waals surface area (Å²) in [4.78, 5) is 38.2. The summed E-state index contributed by atoms with van der Waals surface area (Å²) < 4.78 is 11.7. The zero-order valence-corrected chi connectivity index (χ0v) is 19.2. The van der Waals surface area contributed by atoms with E-state index in [4.69, 9.17) is 9.47 Å². The van der Waals surface area contributed by atoms with Crippen LogP contribution in [0.4, 0.5) is 0 Å². The van der Waals surface area contributed by atoms with Crippen LogP contribution in [0.2, 0.25) is 0 Å². The van der Waals surface area contributed by atoms with Gasteiger partial charge in [0.05, 0.1) is 31.0 Å². The van der Waals surface area contributed by atoms with Gasteiger partial charge in [-0.15, -0.1) is 0 Å². The topological polar surface area (TPSA) is 72.9 Å². The van der Waals surface area contributed by atoms with Crippen molar-refractivity contribution in [3.63, 3.8) is 0 Å². The van der Waals surface area contributed by atoms with E-state index in [2.05, 4.69) is 0 Å². The van der Waals surface area contributed by atoms with E-state index >= 15 is 0 Å². The van der Waals surface area contributed by atoms with Crippen molar-refractivity contribution < 1.29 is 23.9 Å². The van der Waals surface area contributed by atoms with Crippen molar-refractivity contribution in [1.82, 2.24) is 4.90 Å². The van der Waals surface area contributed by atoms with Gasteiger partial charge in [-0.1, -0.05) is 13.8 Å². The molecule has 6 heteroatoms. The normalized spacial score (nSPS) is 19.6. The molecule has 29 heavy (non-hydrogen) atoms. The number of likely N-dealkylation sites (tertiary alicyclic amines) is 1. The van der Waals surface area contributed by atoms with Crippen LogP contribution in [0.3, 0.4) is 0 Å². The first-order chi connectivity index (χ1) is 13.6. The average Bonchev–Trinajstić information content (AvgIpc) is 3.03. The predicted molar refractivity (Wildman–Crippen MR) is 114 cm³/mol. The number of ether oxygens (including phenoxy) is 2. The number of unbranched alkanes of at least 4 members (excludes halogenated alkanes) is 1. The van der Waals surface area contributed by atoms with E-state index in [1.54, 1.807) is 0 Å². The summed E-state index contributed by atoms with van der Waals surface area (Å²) in [5.74, 6) is 0.341. The number of nitrogens with zero attached hydrogens (tertiary/aromatic N) is 1. The van der Waals surface area contributed by atoms with E-state index < -0.39 is 0 Å². The molecule has 0 aromatic heterocycles. The van der Waals surface area contributed by atoms with Crippen LogP contribution in [0.5, 0.6) is 0 Å². The van der Waals surface area contributed by atoms with E-state index in [9.17, 15) is 14.4 Å². The molecular weight excluding hydrogens is 370 g/mol. The van der Waals surface area contributed by atoms with Crippen LogP contribution in [0, 0.1) is 5.92 Å². The number of hydrogen-bond donors (Lipinski definition) is 0. The van der Waals surface area contributed by atoms with Crippen LogP contribution >= 0.6 is 0 Å². The SMILES string of the molecule is CC(C)OC[C@@H]1C[C@H](OC(C)C)CN1C(=O)CCCCC(=O)CCC(=O)C(C)C. The molecule has 6 nitrogen and oxygen atoms in total. The second-order valence-corrected chi connectivity index (χ2v) is 8.99. The number of hydrogen-bond acceptors (Lipinski definition) is 5. The lowest BCUT2D eigenvalue weighted by Gasteiger charge is -2.25. The molecule has 1 aliphatic rings. The van der Waals surface area contributed by atoms with Gasteiger partial charge in [0.15, 0.2) is 0 Å². The third-order valence-corrected chi connectivity index (χ3v) is 5.17. The van der Waals surface area contributed by atoms with Crippen LogP contribution in [0.15, 0.2) is 0 Å². The lowest BCUT2D eigenvalue weighted by Crippen LogP contribution is -2.39. The smallest absolute Gasteiger partial charge is 0.222 e. The molecule has 1 heterocycles. The van der Waals surface area contributed by atoms with Crippen LogP contribution in [-0.4, -0.2) is 59.9 Å². The summed E-state index contributed by atoms with van der Waals surface area (Å²) in [5, 5.41) is 0. The van der Waals surface area contributed by atoms with E-state index in [0.29, 0.717) is 51.7 Å². The second kappa shape index (κ2) is 13.1. The van der Waals surface area contributed by atoms with E-state index in [1.807, 2.05) is 46.4 Å². The molecule has 0 aromatic rings. The predicted octanol–water partition coefficient (Wildman–Crippen LogP) is 3.94. The minimum Gasteiger partial charge on any atom is -0.377 e. The first-order valence-electron chi connectivity index (χ1n) is 11.2. The molecule has 0 radical (unpaired) electrons. The Hall–Kier alpha value is -1.27. The molecule has 168 valence electrons. The molecule has 0 N–H and O–H groups in total. The molecule has 0 bridgehead atoms. The summed E-state index contributed by atoms with van der Waals surface area (Å²) in [6.45, 7) is 12.9. The minimum atomic E-state index is -0.0167. The molecule has 0 aliphatic carbocycles. The van der Waals surface area contributed by atoms with Crippen LogP contribution in [0.25, 0.3) is 0 Å². The van der Waals surface area contributed by atoms with Gasteiger partial charge in [0.25, 0.3) is 0 Å². The third kappa shape index (κ3) is 10.4. The molecule has 1 amide bonds. The maximum absolute atomic E-state index is 12.8. The average molecular weight is 412 g/mol. The quantitative estimate of drug-likeness (QED) is 0.405. The van der Waals surface area contributed by atoms with Gasteiger partial charge in [-0.25, -0.2) is 0 Å². The minimum absolute atomic E-state index is 0.0167. The first-order valence-corrected chi connectivity index (χ1v) is 11.2. The molecule has 1 rings (SSSR count). The van der Waals surface area contributed by atoms with Crippen molar-refractivity contribution in [2.45, 2.75) is 111 Å². The Morgan fingerprint density at radius 3 is 2.14 bits per heavy atom. The van der Waals surface area contributed by atoms with Crippen LogP contribution < -0.4 is 0 Å². The Bertz CT molecular complexity index is 529. The number of carbonyl (C=O) groups excluding carboxylic acids is 3. The Morgan fingerprint density at radius 2 is 1.55 bits per heavy atom. The summed E-state index contributed by atoms with van der Waals surface area (Å²) in [7, 11) is 0. The Morgan fingerprint density at radius 1 is 0.897 bits per heavy atom. The molecule has 0 unspecified atom stereocenters. The Balaban J connectivity index is 2.39. The molecule has 1 saturated heterocycles. The van der Waals surface area contributed by atoms with E-state index in [-0.39, 0.29) is 47.7 Å². The summed E-state index contributed by atoms with van der Waals surface area (Å²) in [5.41, 5.74) is 0. The van der Waals surface area contributed by atoms with Gasteiger partial charge >= 0.3 is 0 Å². The van der Waals surface area contributed by atoms with Gasteiger partial charge in [0, 0.05) is 38.1 Å². The lowest BCUT2D eigenvalue weighted by molar-refractivity contribution is -0.134. The maximum atomic E-state index is 12.8. The summed E-state index contributed by atoms with van der Waals surface area (Å²) >= 11 is 0. The number of ketones is 2. The monoisotopic (exact) mass is 411 g/mol. The van der Waals surface area contributed by atoms with E-state index in [1.165, 1.54) is 0 Å². The van der Waals surface area contributed by atoms with Gasteiger partial charge in [-0.05, 0) is 47.0 Å². The summed E-state index contributed by atoms with van der Waals surface area (Å²) in [6.07, 6.45) is 4.03. The summed E-state index contributed by atoms with van der Waals surface area (Å²) in [6, 6.07) is 0.0531. The largest absolute Gasteiger partial charge is 0.377 e. The fourth-order valence-corrected chi connectivity index (χ4v) is 3.54. The number of carbonyl (C=O) groups is 3. The second-order valence-electron chi connectivity index (χ2n) is 8.99. The zero-order chi connectivity index (χ0) is 22.0. The first kappa shape index (κ1) is 25.8. The van der Waals surface area contributed by atoms with Gasteiger partial charge in [-0.3, -0.25) is 14.4 Å². The van der Waals surface area contributed by atoms with Gasteiger partial charge in [0.1, 0.15) is 11.6 Å². The number of rotatable bonds is 14. The molecule has 2 atom stereocenters. The maximum Gasteiger partial charge on any atom is 0.222 e. The van der Waals surface area contributed by atoms with Gasteiger partial charge in [0.2, 0.25) is 5.91 Å². The van der Waals surface area contributed by atoms with Crippen molar-refractivity contribution in [3.05, 3.63) is 0 Å². The van der Waals surface area contributed by atoms with Gasteiger partial charge in [-0.2, -0.15) is 0 Å². The van der Waals surface area contributed by atoms with Crippen molar-refractivity contribution in [1.29, 1.82) is 0 Å². The van der Waals surface area contributed by atoms with Crippen molar-refractivity contribution in [2.75, 3.05) is 13.2 Å². The molecular formula is C23H41NO5. The highest BCUT2D eigenvalue weighted by atomic mass is 16.5. The highest BCUT2D eigenvalue weighted by molar-refractivity contribution is 5.86. The molecule has 1 aliphatic heterocycles. The fraction of sp³-hybridized carbons (Fsp3) is 0.870. The van der Waals surface area contributed by atoms with Crippen LogP contribution in [-0.2, 0) is 23.9 Å². The lowest BCUT2D eigenvalue weighted by atomic mass is 10.0. The fourth-order valence-electron chi connectivity index (χ4n) is 3.54. The molecule has 0 saturated carbocycles. The van der Waals surface area contributed by atoms with Crippen molar-refractivity contribution in [3.8, 4) is 0 Å². The van der Waals surface area contributed by atoms with Crippen molar-refractivity contribution >= 4 is 17.5 Å². The zero-order valence-electron chi connectivity index (χ0n) is 19.2. The van der Waals surface area contributed by atoms with E-state index in [0.717, 1.165) is 6.42 Å². The Labute approximate surface area is 176 Å². The number of amides is 1. The molecule has 0 aromatic carbocycles. The Kier molecular flexibility index (Phi) is 11.7. The molecule has 1 fully saturated rings. The van der Waals surface area contributed by atoms with Gasteiger partial charge < -0.3 is 14.4 Å². The highest BCUT2D eigenvalue weighted by Gasteiger charge is 2.36. The number of Topliss-reactive ketones (excluding diaryl/α,β-unsaturated/α-hetero) is 2. The van der Waals surface area contributed by atoms with Crippen molar-refractivity contribution in [2.24, 2.45) is 5.92 Å². The van der Waals surface area contributed by atoms with Crippen LogP contribution in [0.1, 0.15) is 86.5 Å². The third-order valence-electron chi connectivity index (χ3n) is 5.17.